The first-order chi connectivity index (χ1) is 17.0. The third-order valence-corrected chi connectivity index (χ3v) is 7.67. The lowest BCUT2D eigenvalue weighted by Crippen LogP contribution is -2.30. The van der Waals surface area contributed by atoms with Gasteiger partial charge in [-0.05, 0) is 51.5 Å². The second kappa shape index (κ2) is 11.5. The molecule has 0 radical (unpaired) electrons. The van der Waals surface area contributed by atoms with Gasteiger partial charge in [-0.1, -0.05) is 11.6 Å². The molecule has 1 amide bonds. The number of thiol groups is 2. The number of carbonyl (C=O) groups is 1. The number of rotatable bonds is 7. The number of pyridine rings is 2. The SMILES string of the molecule is CNC(=O)/C(=N/C(C)C)c1cnc(-c2c(F)ccc(N[SH](S)c3cc(Cl)cnc3C)c2F)c(F)c1C. The third kappa shape index (κ3) is 5.79. The fraction of sp³-hybridized carbons (Fsp3) is 0.250. The molecular weight excluding hydrogens is 531 g/mol. The van der Waals surface area contributed by atoms with E-state index in [0.717, 1.165) is 6.07 Å². The quantitative estimate of drug-likeness (QED) is 0.164. The van der Waals surface area contributed by atoms with Crippen LogP contribution in [0.1, 0.15) is 30.7 Å². The van der Waals surface area contributed by atoms with Gasteiger partial charge >= 0.3 is 0 Å². The van der Waals surface area contributed by atoms with Crippen molar-refractivity contribution in [2.24, 2.45) is 4.99 Å². The molecule has 12 heteroatoms. The van der Waals surface area contributed by atoms with Gasteiger partial charge in [0.2, 0.25) is 0 Å². The Morgan fingerprint density at radius 3 is 2.47 bits per heavy atom. The van der Waals surface area contributed by atoms with Crippen LogP contribution in [0.4, 0.5) is 18.9 Å². The average Bonchev–Trinajstić information content (AvgIpc) is 2.83. The predicted octanol–water partition coefficient (Wildman–Crippen LogP) is 6.01. The van der Waals surface area contributed by atoms with Gasteiger partial charge in [0.1, 0.15) is 17.2 Å². The molecule has 0 spiro atoms. The maximum Gasteiger partial charge on any atom is 0.269 e. The van der Waals surface area contributed by atoms with Gasteiger partial charge < -0.3 is 10.0 Å². The zero-order valence-corrected chi connectivity index (χ0v) is 22.7. The van der Waals surface area contributed by atoms with Crippen molar-refractivity contribution in [2.75, 3.05) is 11.8 Å². The highest BCUT2D eigenvalue weighted by molar-refractivity contribution is 8.78. The van der Waals surface area contributed by atoms with Crippen molar-refractivity contribution in [3.05, 3.63) is 69.9 Å². The molecule has 6 nitrogen and oxygen atoms in total. The van der Waals surface area contributed by atoms with Crippen LogP contribution >= 0.6 is 33.4 Å². The van der Waals surface area contributed by atoms with E-state index < -0.39 is 44.7 Å². The van der Waals surface area contributed by atoms with Crippen LogP contribution in [-0.2, 0) is 4.79 Å². The first-order valence-corrected chi connectivity index (χ1v) is 13.6. The van der Waals surface area contributed by atoms with Crippen LogP contribution in [0.15, 0.2) is 40.5 Å². The van der Waals surface area contributed by atoms with Crippen LogP contribution in [0.3, 0.4) is 0 Å². The number of amides is 1. The Labute approximate surface area is 220 Å². The van der Waals surface area contributed by atoms with E-state index in [-0.39, 0.29) is 28.6 Å². The molecule has 3 rings (SSSR count). The van der Waals surface area contributed by atoms with Gasteiger partial charge in [0.05, 0.1) is 22.0 Å². The monoisotopic (exact) mass is 555 g/mol. The molecular formula is C24H25ClF3N5OS2. The standard InChI is InChI=1S/C24H25ClF3N5OS2/c1-11(2)32-22(24(34)29-5)15-10-31-23(20(27)12(15)3)19-16(26)6-7-17(21(19)28)33-36(35)18-8-14(25)9-30-13(18)4/h6-11,33,35-36H,1-5H3,(H,29,34)/b32-22+. The van der Waals surface area contributed by atoms with E-state index in [2.05, 4.69) is 36.7 Å². The normalized spacial score (nSPS) is 13.1. The summed E-state index contributed by atoms with van der Waals surface area (Å²) in [4.78, 5) is 25.4. The molecule has 0 aliphatic rings. The number of nitrogens with zero attached hydrogens (tertiary/aromatic N) is 3. The first-order valence-electron chi connectivity index (χ1n) is 10.8. The van der Waals surface area contributed by atoms with Crippen LogP contribution in [0.5, 0.6) is 0 Å². The summed E-state index contributed by atoms with van der Waals surface area (Å²) in [6, 6.07) is 3.61. The molecule has 0 aliphatic carbocycles. The van der Waals surface area contributed by atoms with E-state index in [0.29, 0.717) is 15.6 Å². The van der Waals surface area contributed by atoms with Gasteiger partial charge in [-0.3, -0.25) is 19.8 Å². The highest BCUT2D eigenvalue weighted by Crippen LogP contribution is 2.44. The van der Waals surface area contributed by atoms with Crippen molar-refractivity contribution in [1.29, 1.82) is 0 Å². The van der Waals surface area contributed by atoms with Gasteiger partial charge in [-0.25, -0.2) is 13.2 Å². The first kappa shape index (κ1) is 27.8. The molecule has 1 aromatic carbocycles. The Bertz CT molecular complexity index is 1350. The summed E-state index contributed by atoms with van der Waals surface area (Å²) in [5, 5.41) is 2.85. The fourth-order valence-electron chi connectivity index (χ4n) is 3.36. The molecule has 2 aromatic heterocycles. The van der Waals surface area contributed by atoms with Crippen molar-refractivity contribution < 1.29 is 18.0 Å². The van der Waals surface area contributed by atoms with E-state index in [1.165, 1.54) is 32.4 Å². The molecule has 2 heterocycles. The molecule has 0 saturated carbocycles. The van der Waals surface area contributed by atoms with Gasteiger partial charge in [-0.2, -0.15) is 0 Å². The molecule has 192 valence electrons. The molecule has 36 heavy (non-hydrogen) atoms. The lowest BCUT2D eigenvalue weighted by Gasteiger charge is -2.21. The number of likely N-dealkylation sites (N-methyl/N-ethyl adjacent to an activating group) is 1. The summed E-state index contributed by atoms with van der Waals surface area (Å²) in [7, 11) is -0.0583. The maximum atomic E-state index is 15.5. The van der Waals surface area contributed by atoms with Gasteiger partial charge in [-0.15, -0.1) is 21.8 Å². The third-order valence-electron chi connectivity index (χ3n) is 5.16. The van der Waals surface area contributed by atoms with Crippen molar-refractivity contribution in [2.45, 2.75) is 38.6 Å². The summed E-state index contributed by atoms with van der Waals surface area (Å²) in [6.45, 7) is 6.67. The zero-order valence-electron chi connectivity index (χ0n) is 20.1. The van der Waals surface area contributed by atoms with E-state index in [9.17, 15) is 9.18 Å². The Morgan fingerprint density at radius 2 is 1.83 bits per heavy atom. The van der Waals surface area contributed by atoms with Gasteiger partial charge in [0, 0.05) is 35.9 Å². The second-order valence-corrected chi connectivity index (χ2v) is 11.0. The molecule has 1 atom stereocenters. The van der Waals surface area contributed by atoms with Crippen molar-refractivity contribution in [1.82, 2.24) is 15.3 Å². The fourth-order valence-corrected chi connectivity index (χ4v) is 5.67. The number of benzene rings is 1. The van der Waals surface area contributed by atoms with E-state index >= 15 is 8.78 Å². The van der Waals surface area contributed by atoms with Crippen molar-refractivity contribution in [3.63, 3.8) is 0 Å². The van der Waals surface area contributed by atoms with Gasteiger partial charge in [0.25, 0.3) is 5.91 Å². The second-order valence-electron chi connectivity index (χ2n) is 8.08. The van der Waals surface area contributed by atoms with Crippen molar-refractivity contribution in [3.8, 4) is 11.3 Å². The minimum absolute atomic E-state index is 0.0164. The number of aryl methyl sites for hydroxylation is 1. The average molecular weight is 556 g/mol. The maximum absolute atomic E-state index is 15.5. The van der Waals surface area contributed by atoms with Crippen LogP contribution in [0.2, 0.25) is 5.02 Å². The number of hydrogen-bond donors (Lipinski definition) is 4. The summed E-state index contributed by atoms with van der Waals surface area (Å²) in [6.07, 6.45) is 2.67. The van der Waals surface area contributed by atoms with Crippen molar-refractivity contribution >= 4 is 50.7 Å². The number of anilines is 1. The largest absolute Gasteiger partial charge is 0.354 e. The summed E-state index contributed by atoms with van der Waals surface area (Å²) in [5.74, 6) is -3.53. The molecule has 0 bridgehead atoms. The summed E-state index contributed by atoms with van der Waals surface area (Å²) < 4.78 is 48.8. The smallest absolute Gasteiger partial charge is 0.269 e. The number of halogens is 4. The minimum Gasteiger partial charge on any atom is -0.354 e. The summed E-state index contributed by atoms with van der Waals surface area (Å²) in [5.41, 5.74) is -0.538. The molecule has 0 aliphatic heterocycles. The van der Waals surface area contributed by atoms with Gasteiger partial charge in [0.15, 0.2) is 11.6 Å². The number of carbonyl (C=O) groups excluding carboxylic acids is 1. The highest BCUT2D eigenvalue weighted by Gasteiger charge is 2.25. The van der Waals surface area contributed by atoms with Crippen LogP contribution in [0, 0.1) is 31.3 Å². The number of aromatic nitrogens is 2. The Balaban J connectivity index is 2.08. The van der Waals surface area contributed by atoms with E-state index in [1.54, 1.807) is 26.8 Å². The van der Waals surface area contributed by atoms with Crippen LogP contribution in [-0.4, -0.2) is 34.7 Å². The van der Waals surface area contributed by atoms with E-state index in [4.69, 9.17) is 11.6 Å². The highest BCUT2D eigenvalue weighted by atomic mass is 35.5. The van der Waals surface area contributed by atoms with E-state index in [1.807, 2.05) is 0 Å². The Morgan fingerprint density at radius 1 is 1.14 bits per heavy atom. The summed E-state index contributed by atoms with van der Waals surface area (Å²) >= 11 is 10.5. The van der Waals surface area contributed by atoms with Crippen LogP contribution in [0.25, 0.3) is 11.3 Å². The molecule has 0 saturated heterocycles. The van der Waals surface area contributed by atoms with Crippen LogP contribution < -0.4 is 10.0 Å². The Kier molecular flexibility index (Phi) is 8.91. The lowest BCUT2D eigenvalue weighted by atomic mass is 10.0. The minimum atomic E-state index is -1.48. The molecule has 0 fully saturated rings. The molecule has 3 aromatic rings. The molecule has 2 N–H and O–H groups in total. The number of nitrogens with one attached hydrogen (secondary N) is 2. The molecule has 1 unspecified atom stereocenters. The number of hydrogen-bond acceptors (Lipinski definition) is 6. The predicted molar refractivity (Wildman–Crippen MR) is 144 cm³/mol. The lowest BCUT2D eigenvalue weighted by molar-refractivity contribution is -0.114. The number of aliphatic imine (C=N–C) groups is 1. The topological polar surface area (TPSA) is 79.3 Å². The Hall–Kier alpha value is -2.76. The zero-order chi connectivity index (χ0) is 26.7.